The molecule has 0 saturated carbocycles. The van der Waals surface area contributed by atoms with Crippen molar-refractivity contribution < 1.29 is 15.0 Å². The number of carboxylic acid groups (broad SMARTS) is 1. The summed E-state index contributed by atoms with van der Waals surface area (Å²) in [5.74, 6) is -0.994. The van der Waals surface area contributed by atoms with Crippen molar-refractivity contribution in [2.24, 2.45) is 0 Å². The number of nitrogens with zero attached hydrogens (tertiary/aromatic N) is 1. The molecule has 0 amide bonds. The number of aliphatic hydroxyl groups is 1. The number of rotatable bonds is 5. The number of aliphatic carboxylic acids is 1. The fourth-order valence-electron chi connectivity index (χ4n) is 1.67. The number of hydrogen-bond donors (Lipinski definition) is 2. The van der Waals surface area contributed by atoms with E-state index in [2.05, 4.69) is 0 Å². The van der Waals surface area contributed by atoms with Gasteiger partial charge in [-0.1, -0.05) is 18.2 Å². The standard InChI is InChI=1S/C12H17NO3/c1-12(16,8-11(14)15)9-13(2)10-6-4-3-5-7-10/h3-7,16H,8-9H2,1-2H3,(H,14,15). The first-order valence-electron chi connectivity index (χ1n) is 5.11. The van der Waals surface area contributed by atoms with E-state index in [-0.39, 0.29) is 13.0 Å². The third-order valence-electron chi connectivity index (χ3n) is 2.31. The van der Waals surface area contributed by atoms with E-state index in [1.54, 1.807) is 0 Å². The second kappa shape index (κ2) is 4.99. The number of para-hydroxylation sites is 1. The van der Waals surface area contributed by atoms with Crippen LogP contribution >= 0.6 is 0 Å². The summed E-state index contributed by atoms with van der Waals surface area (Å²) in [5, 5.41) is 18.5. The van der Waals surface area contributed by atoms with Crippen LogP contribution in [0, 0.1) is 0 Å². The van der Waals surface area contributed by atoms with Crippen LogP contribution in [-0.4, -0.2) is 35.4 Å². The molecule has 0 heterocycles. The Bertz CT molecular complexity index is 349. The largest absolute Gasteiger partial charge is 0.481 e. The number of carbonyl (C=O) groups is 1. The van der Waals surface area contributed by atoms with E-state index >= 15 is 0 Å². The van der Waals surface area contributed by atoms with Crippen molar-refractivity contribution >= 4 is 11.7 Å². The smallest absolute Gasteiger partial charge is 0.306 e. The highest BCUT2D eigenvalue weighted by molar-refractivity contribution is 5.68. The maximum atomic E-state index is 10.6. The Morgan fingerprint density at radius 1 is 1.38 bits per heavy atom. The van der Waals surface area contributed by atoms with Crippen molar-refractivity contribution in [1.82, 2.24) is 0 Å². The topological polar surface area (TPSA) is 60.8 Å². The molecule has 4 heteroatoms. The Hall–Kier alpha value is -1.55. The molecule has 1 unspecified atom stereocenters. The van der Waals surface area contributed by atoms with E-state index in [1.807, 2.05) is 42.3 Å². The second-order valence-electron chi connectivity index (χ2n) is 4.26. The number of anilines is 1. The van der Waals surface area contributed by atoms with Crippen LogP contribution in [0.25, 0.3) is 0 Å². The highest BCUT2D eigenvalue weighted by Crippen LogP contribution is 2.17. The zero-order valence-corrected chi connectivity index (χ0v) is 9.55. The third kappa shape index (κ3) is 3.90. The van der Waals surface area contributed by atoms with E-state index in [0.29, 0.717) is 0 Å². The number of carboxylic acids is 1. The summed E-state index contributed by atoms with van der Waals surface area (Å²) in [7, 11) is 1.83. The monoisotopic (exact) mass is 223 g/mol. The lowest BCUT2D eigenvalue weighted by Gasteiger charge is -2.29. The van der Waals surface area contributed by atoms with E-state index in [0.717, 1.165) is 5.69 Å². The van der Waals surface area contributed by atoms with E-state index in [1.165, 1.54) is 6.92 Å². The molecule has 1 rings (SSSR count). The molecule has 1 aromatic rings. The Kier molecular flexibility index (Phi) is 3.90. The molecular formula is C12H17NO3. The molecule has 1 atom stereocenters. The van der Waals surface area contributed by atoms with E-state index in [4.69, 9.17) is 5.11 Å². The summed E-state index contributed by atoms with van der Waals surface area (Å²) in [6.07, 6.45) is -0.260. The van der Waals surface area contributed by atoms with Gasteiger partial charge in [-0.05, 0) is 19.1 Å². The van der Waals surface area contributed by atoms with Gasteiger partial charge in [0, 0.05) is 19.3 Å². The maximum Gasteiger partial charge on any atom is 0.306 e. The lowest BCUT2D eigenvalue weighted by atomic mass is 10.0. The molecule has 0 saturated heterocycles. The SMILES string of the molecule is CN(CC(C)(O)CC(=O)O)c1ccccc1. The summed E-state index contributed by atoms with van der Waals surface area (Å²) in [6.45, 7) is 1.81. The minimum absolute atomic E-state index is 0.260. The summed E-state index contributed by atoms with van der Waals surface area (Å²) < 4.78 is 0. The lowest BCUT2D eigenvalue weighted by Crippen LogP contribution is -2.40. The zero-order chi connectivity index (χ0) is 12.2. The predicted molar refractivity (Wildman–Crippen MR) is 62.6 cm³/mol. The van der Waals surface area contributed by atoms with Gasteiger partial charge in [0.05, 0.1) is 12.0 Å². The molecule has 1 aromatic carbocycles. The molecule has 0 aliphatic carbocycles. The molecule has 0 bridgehead atoms. The molecule has 2 N–H and O–H groups in total. The molecule has 0 aromatic heterocycles. The van der Waals surface area contributed by atoms with Crippen LogP contribution in [0.5, 0.6) is 0 Å². The van der Waals surface area contributed by atoms with Crippen molar-refractivity contribution in [3.05, 3.63) is 30.3 Å². The van der Waals surface area contributed by atoms with Gasteiger partial charge in [-0.2, -0.15) is 0 Å². The molecule has 0 fully saturated rings. The molecule has 0 aliphatic heterocycles. The van der Waals surface area contributed by atoms with Gasteiger partial charge in [-0.3, -0.25) is 4.79 Å². The highest BCUT2D eigenvalue weighted by Gasteiger charge is 2.25. The van der Waals surface area contributed by atoms with Gasteiger partial charge >= 0.3 is 5.97 Å². The molecule has 0 aliphatic rings. The van der Waals surface area contributed by atoms with Gasteiger partial charge < -0.3 is 15.1 Å². The van der Waals surface area contributed by atoms with Crippen LogP contribution < -0.4 is 4.90 Å². The first kappa shape index (κ1) is 12.5. The number of likely N-dealkylation sites (N-methyl/N-ethyl adjacent to an activating group) is 1. The van der Waals surface area contributed by atoms with Crippen molar-refractivity contribution in [2.75, 3.05) is 18.5 Å². The summed E-state index contributed by atoms with van der Waals surface area (Å²) in [4.78, 5) is 12.4. The Morgan fingerprint density at radius 2 is 1.94 bits per heavy atom. The van der Waals surface area contributed by atoms with E-state index in [9.17, 15) is 9.90 Å². The lowest BCUT2D eigenvalue weighted by molar-refractivity contribution is -0.141. The van der Waals surface area contributed by atoms with Crippen molar-refractivity contribution in [3.8, 4) is 0 Å². The minimum atomic E-state index is -1.23. The molecule has 0 spiro atoms. The van der Waals surface area contributed by atoms with Gasteiger partial charge in [-0.15, -0.1) is 0 Å². The zero-order valence-electron chi connectivity index (χ0n) is 9.55. The third-order valence-corrected chi connectivity index (χ3v) is 2.31. The number of benzene rings is 1. The minimum Gasteiger partial charge on any atom is -0.481 e. The normalized spacial score (nSPS) is 14.2. The van der Waals surface area contributed by atoms with Crippen molar-refractivity contribution in [1.29, 1.82) is 0 Å². The van der Waals surface area contributed by atoms with Gasteiger partial charge in [-0.25, -0.2) is 0 Å². The quantitative estimate of drug-likeness (QED) is 0.791. The Labute approximate surface area is 95.1 Å². The van der Waals surface area contributed by atoms with Gasteiger partial charge in [0.1, 0.15) is 0 Å². The van der Waals surface area contributed by atoms with Crippen LogP contribution in [0.15, 0.2) is 30.3 Å². The predicted octanol–water partition coefficient (Wildman–Crippen LogP) is 1.35. The Balaban J connectivity index is 2.64. The first-order valence-corrected chi connectivity index (χ1v) is 5.11. The van der Waals surface area contributed by atoms with Crippen LogP contribution in [0.3, 0.4) is 0 Å². The fraction of sp³-hybridized carbons (Fsp3) is 0.417. The fourth-order valence-corrected chi connectivity index (χ4v) is 1.67. The number of hydrogen-bond acceptors (Lipinski definition) is 3. The van der Waals surface area contributed by atoms with Crippen LogP contribution in [0.1, 0.15) is 13.3 Å². The molecule has 16 heavy (non-hydrogen) atoms. The van der Waals surface area contributed by atoms with E-state index < -0.39 is 11.6 Å². The van der Waals surface area contributed by atoms with Crippen LogP contribution in [0.4, 0.5) is 5.69 Å². The average Bonchev–Trinajstić information content (AvgIpc) is 2.16. The highest BCUT2D eigenvalue weighted by atomic mass is 16.4. The summed E-state index contributed by atoms with van der Waals surface area (Å²) >= 11 is 0. The van der Waals surface area contributed by atoms with Crippen LogP contribution in [0.2, 0.25) is 0 Å². The second-order valence-corrected chi connectivity index (χ2v) is 4.26. The van der Waals surface area contributed by atoms with Gasteiger partial charge in [0.2, 0.25) is 0 Å². The molecular weight excluding hydrogens is 206 g/mol. The maximum absolute atomic E-state index is 10.6. The van der Waals surface area contributed by atoms with Crippen molar-refractivity contribution in [2.45, 2.75) is 18.9 Å². The first-order chi connectivity index (χ1) is 7.41. The molecule has 4 nitrogen and oxygen atoms in total. The summed E-state index contributed by atoms with van der Waals surface area (Å²) in [5.41, 5.74) is -0.274. The Morgan fingerprint density at radius 3 is 2.44 bits per heavy atom. The average molecular weight is 223 g/mol. The van der Waals surface area contributed by atoms with Gasteiger partial charge in [0.15, 0.2) is 0 Å². The molecule has 88 valence electrons. The summed E-state index contributed by atoms with van der Waals surface area (Å²) in [6, 6.07) is 9.54. The van der Waals surface area contributed by atoms with Crippen LogP contribution in [-0.2, 0) is 4.79 Å². The molecule has 0 radical (unpaired) electrons. The van der Waals surface area contributed by atoms with Gasteiger partial charge in [0.25, 0.3) is 0 Å². The van der Waals surface area contributed by atoms with Crippen molar-refractivity contribution in [3.63, 3.8) is 0 Å².